The van der Waals surface area contributed by atoms with Crippen LogP contribution in [0.1, 0.15) is 12.0 Å². The van der Waals surface area contributed by atoms with Crippen molar-refractivity contribution in [2.75, 3.05) is 17.8 Å². The third-order valence-corrected chi connectivity index (χ3v) is 2.20. The Morgan fingerprint density at radius 1 is 1.47 bits per heavy atom. The zero-order valence-electron chi connectivity index (χ0n) is 8.37. The summed E-state index contributed by atoms with van der Waals surface area (Å²) in [6, 6.07) is 7.54. The lowest BCUT2D eigenvalue weighted by Crippen LogP contribution is -2.12. The number of aryl methyl sites for hydroxylation is 1. The van der Waals surface area contributed by atoms with Gasteiger partial charge in [-0.3, -0.25) is 4.79 Å². The van der Waals surface area contributed by atoms with Crippen molar-refractivity contribution in [1.29, 1.82) is 0 Å². The fourth-order valence-electron chi connectivity index (χ4n) is 1.28. The smallest absolute Gasteiger partial charge is 0.239 e. The first-order valence-electron chi connectivity index (χ1n) is 4.82. The Morgan fingerprint density at radius 2 is 2.27 bits per heavy atom. The SMILES string of the molecule is O=C(CCl)Nc1cccc(CCCO)c1. The number of nitrogens with one attached hydrogen (secondary N) is 1. The first-order chi connectivity index (χ1) is 7.26. The van der Waals surface area contributed by atoms with Gasteiger partial charge >= 0.3 is 0 Å². The van der Waals surface area contributed by atoms with Gasteiger partial charge in [0.2, 0.25) is 5.91 Å². The van der Waals surface area contributed by atoms with E-state index < -0.39 is 0 Å². The van der Waals surface area contributed by atoms with E-state index in [1.807, 2.05) is 24.3 Å². The second-order valence-corrected chi connectivity index (χ2v) is 3.48. The van der Waals surface area contributed by atoms with Crippen LogP contribution in [0.3, 0.4) is 0 Å². The van der Waals surface area contributed by atoms with Gasteiger partial charge in [-0.25, -0.2) is 0 Å². The standard InChI is InChI=1S/C11H14ClNO2/c12-8-11(15)13-10-5-1-3-9(7-10)4-2-6-14/h1,3,5,7,14H,2,4,6,8H2,(H,13,15). The topological polar surface area (TPSA) is 49.3 Å². The highest BCUT2D eigenvalue weighted by molar-refractivity contribution is 6.29. The Morgan fingerprint density at radius 3 is 2.93 bits per heavy atom. The van der Waals surface area contributed by atoms with Crippen LogP contribution in [0.2, 0.25) is 0 Å². The minimum absolute atomic E-state index is 0.0408. The Bertz CT molecular complexity index is 328. The third-order valence-electron chi connectivity index (χ3n) is 1.96. The number of alkyl halides is 1. The minimum Gasteiger partial charge on any atom is -0.396 e. The normalized spacial score (nSPS) is 10.0. The van der Waals surface area contributed by atoms with Crippen LogP contribution in [0.15, 0.2) is 24.3 Å². The van der Waals surface area contributed by atoms with Crippen LogP contribution < -0.4 is 5.32 Å². The maximum atomic E-state index is 11.0. The number of carbonyl (C=O) groups excluding carboxylic acids is 1. The number of anilines is 1. The zero-order valence-corrected chi connectivity index (χ0v) is 9.13. The Hall–Kier alpha value is -1.06. The number of rotatable bonds is 5. The van der Waals surface area contributed by atoms with Crippen LogP contribution in [0.5, 0.6) is 0 Å². The molecule has 0 saturated carbocycles. The number of carbonyl (C=O) groups is 1. The molecule has 0 radical (unpaired) electrons. The number of hydrogen-bond donors (Lipinski definition) is 2. The molecule has 4 heteroatoms. The number of hydrogen-bond acceptors (Lipinski definition) is 2. The lowest BCUT2D eigenvalue weighted by atomic mass is 10.1. The Labute approximate surface area is 94.1 Å². The second-order valence-electron chi connectivity index (χ2n) is 3.21. The minimum atomic E-state index is -0.212. The molecule has 0 aliphatic rings. The Kier molecular flexibility index (Phi) is 5.15. The molecule has 1 rings (SSSR count). The fourth-order valence-corrected chi connectivity index (χ4v) is 1.35. The molecule has 1 aromatic rings. The molecule has 0 aliphatic heterocycles. The van der Waals surface area contributed by atoms with Gasteiger partial charge in [0.05, 0.1) is 0 Å². The molecule has 0 spiro atoms. The summed E-state index contributed by atoms with van der Waals surface area (Å²) in [5, 5.41) is 11.4. The molecule has 0 aromatic heterocycles. The molecular weight excluding hydrogens is 214 g/mol. The number of halogens is 1. The van der Waals surface area contributed by atoms with E-state index in [4.69, 9.17) is 16.7 Å². The summed E-state index contributed by atoms with van der Waals surface area (Å²) in [5.74, 6) is -0.253. The van der Waals surface area contributed by atoms with Gasteiger partial charge in [0, 0.05) is 12.3 Å². The summed E-state index contributed by atoms with van der Waals surface area (Å²) in [4.78, 5) is 11.0. The van der Waals surface area contributed by atoms with Gasteiger partial charge in [-0.05, 0) is 30.5 Å². The quantitative estimate of drug-likeness (QED) is 0.754. The average Bonchev–Trinajstić information content (AvgIpc) is 2.26. The van der Waals surface area contributed by atoms with Crippen LogP contribution in [0, 0.1) is 0 Å². The lowest BCUT2D eigenvalue weighted by Gasteiger charge is -2.05. The highest BCUT2D eigenvalue weighted by atomic mass is 35.5. The van der Waals surface area contributed by atoms with Crippen LogP contribution in [0.25, 0.3) is 0 Å². The van der Waals surface area contributed by atoms with Crippen molar-refractivity contribution in [2.24, 2.45) is 0 Å². The van der Waals surface area contributed by atoms with Crippen molar-refractivity contribution < 1.29 is 9.90 Å². The van der Waals surface area contributed by atoms with E-state index in [9.17, 15) is 4.79 Å². The van der Waals surface area contributed by atoms with Crippen molar-refractivity contribution in [3.63, 3.8) is 0 Å². The van der Waals surface area contributed by atoms with E-state index in [1.54, 1.807) is 0 Å². The first-order valence-corrected chi connectivity index (χ1v) is 5.35. The molecule has 1 aromatic carbocycles. The van der Waals surface area contributed by atoms with E-state index in [-0.39, 0.29) is 18.4 Å². The van der Waals surface area contributed by atoms with Gasteiger partial charge < -0.3 is 10.4 Å². The Balaban J connectivity index is 2.61. The average molecular weight is 228 g/mol. The molecule has 0 heterocycles. The lowest BCUT2D eigenvalue weighted by molar-refractivity contribution is -0.113. The molecule has 1 amide bonds. The zero-order chi connectivity index (χ0) is 11.1. The molecule has 3 nitrogen and oxygen atoms in total. The second kappa shape index (κ2) is 6.43. The van der Waals surface area contributed by atoms with Crippen LogP contribution in [0.4, 0.5) is 5.69 Å². The van der Waals surface area contributed by atoms with Crippen molar-refractivity contribution in [3.8, 4) is 0 Å². The third kappa shape index (κ3) is 4.32. The fraction of sp³-hybridized carbons (Fsp3) is 0.364. The summed E-state index contributed by atoms with van der Waals surface area (Å²) in [6.07, 6.45) is 1.54. The molecule has 0 bridgehead atoms. The van der Waals surface area contributed by atoms with Crippen molar-refractivity contribution >= 4 is 23.2 Å². The molecule has 2 N–H and O–H groups in total. The highest BCUT2D eigenvalue weighted by Crippen LogP contribution is 2.12. The molecule has 0 saturated heterocycles. The molecule has 82 valence electrons. The van der Waals surface area contributed by atoms with Crippen LogP contribution in [-0.2, 0) is 11.2 Å². The molecule has 15 heavy (non-hydrogen) atoms. The number of amides is 1. The largest absolute Gasteiger partial charge is 0.396 e. The summed E-state index contributed by atoms with van der Waals surface area (Å²) in [7, 11) is 0. The molecule has 0 fully saturated rings. The maximum absolute atomic E-state index is 11.0. The van der Waals surface area contributed by atoms with Crippen LogP contribution >= 0.6 is 11.6 Å². The summed E-state index contributed by atoms with van der Waals surface area (Å²) in [6.45, 7) is 0.179. The highest BCUT2D eigenvalue weighted by Gasteiger charge is 2.00. The number of aliphatic hydroxyl groups is 1. The van der Waals surface area contributed by atoms with Gasteiger partial charge in [-0.2, -0.15) is 0 Å². The summed E-state index contributed by atoms with van der Waals surface area (Å²) < 4.78 is 0. The number of benzene rings is 1. The van der Waals surface area contributed by atoms with Gasteiger partial charge in [0.15, 0.2) is 0 Å². The van der Waals surface area contributed by atoms with Crippen LogP contribution in [-0.4, -0.2) is 23.5 Å². The molecular formula is C11H14ClNO2. The number of aliphatic hydroxyl groups excluding tert-OH is 1. The van der Waals surface area contributed by atoms with E-state index >= 15 is 0 Å². The van der Waals surface area contributed by atoms with E-state index in [0.717, 1.165) is 24.1 Å². The predicted octanol–water partition coefficient (Wildman–Crippen LogP) is 1.79. The van der Waals surface area contributed by atoms with Gasteiger partial charge in [-0.1, -0.05) is 12.1 Å². The summed E-state index contributed by atoms with van der Waals surface area (Å²) >= 11 is 5.38. The van der Waals surface area contributed by atoms with Crippen molar-refractivity contribution in [1.82, 2.24) is 0 Å². The first kappa shape index (κ1) is 12.0. The predicted molar refractivity (Wildman–Crippen MR) is 61.2 cm³/mol. The van der Waals surface area contributed by atoms with Gasteiger partial charge in [0.1, 0.15) is 5.88 Å². The molecule has 0 unspecified atom stereocenters. The summed E-state index contributed by atoms with van der Waals surface area (Å²) in [5.41, 5.74) is 1.84. The molecule has 0 atom stereocenters. The van der Waals surface area contributed by atoms with Gasteiger partial charge in [0.25, 0.3) is 0 Å². The van der Waals surface area contributed by atoms with E-state index in [1.165, 1.54) is 0 Å². The van der Waals surface area contributed by atoms with Gasteiger partial charge in [-0.15, -0.1) is 11.6 Å². The molecule has 0 aliphatic carbocycles. The maximum Gasteiger partial charge on any atom is 0.239 e. The van der Waals surface area contributed by atoms with Crippen molar-refractivity contribution in [3.05, 3.63) is 29.8 Å². The van der Waals surface area contributed by atoms with E-state index in [0.29, 0.717) is 0 Å². The van der Waals surface area contributed by atoms with Crippen molar-refractivity contribution in [2.45, 2.75) is 12.8 Å². The van der Waals surface area contributed by atoms with E-state index in [2.05, 4.69) is 5.32 Å². The monoisotopic (exact) mass is 227 g/mol.